The van der Waals surface area contributed by atoms with E-state index in [9.17, 15) is 14.4 Å². The molecule has 5 amide bonds. The van der Waals surface area contributed by atoms with E-state index in [1.165, 1.54) is 0 Å². The number of carbonyl (C=O) groups is 3. The summed E-state index contributed by atoms with van der Waals surface area (Å²) in [7, 11) is 3.89. The average Bonchev–Trinajstić information content (AvgIpc) is 3.18. The van der Waals surface area contributed by atoms with E-state index >= 15 is 0 Å². The maximum absolute atomic E-state index is 12.3. The van der Waals surface area contributed by atoms with Crippen molar-refractivity contribution in [3.05, 3.63) is 59.7 Å². The van der Waals surface area contributed by atoms with E-state index in [0.29, 0.717) is 30.9 Å². The van der Waals surface area contributed by atoms with Crippen molar-refractivity contribution in [1.29, 1.82) is 0 Å². The van der Waals surface area contributed by atoms with Gasteiger partial charge in [-0.25, -0.2) is 9.59 Å². The highest BCUT2D eigenvalue weighted by atomic mass is 16.2. The Labute approximate surface area is 181 Å². The van der Waals surface area contributed by atoms with Gasteiger partial charge in [0.05, 0.1) is 0 Å². The number of nitrogens with zero attached hydrogens (tertiary/aromatic N) is 2. The Morgan fingerprint density at radius 2 is 1.90 bits per heavy atom. The standard InChI is InChI=1S/C22H28N6O3/c1-27(2)11-9-23-20(29)17-6-3-5-16(13-17)15-25-21(30)26-18-7-4-8-19(14-18)28-12-10-24-22(28)31/h3-8,13-14H,9-12,15H2,1-2H3,(H,23,29)(H,24,31)(H2,25,26,30). The number of hydrogen-bond acceptors (Lipinski definition) is 4. The molecular formula is C22H28N6O3. The number of rotatable bonds is 8. The topological polar surface area (TPSA) is 106 Å². The molecule has 0 aliphatic carbocycles. The summed E-state index contributed by atoms with van der Waals surface area (Å²) in [4.78, 5) is 40.0. The van der Waals surface area contributed by atoms with Crippen LogP contribution in [-0.4, -0.2) is 63.1 Å². The quantitative estimate of drug-likeness (QED) is 0.519. The van der Waals surface area contributed by atoms with Crippen molar-refractivity contribution >= 4 is 29.3 Å². The highest BCUT2D eigenvalue weighted by Crippen LogP contribution is 2.21. The molecule has 2 aromatic rings. The number of nitrogens with one attached hydrogen (secondary N) is 4. The summed E-state index contributed by atoms with van der Waals surface area (Å²) in [5.74, 6) is -0.143. The highest BCUT2D eigenvalue weighted by molar-refractivity contribution is 5.96. The number of benzene rings is 2. The second-order valence-corrected chi connectivity index (χ2v) is 7.50. The smallest absolute Gasteiger partial charge is 0.321 e. The Kier molecular flexibility index (Phi) is 7.45. The van der Waals surface area contributed by atoms with Crippen molar-refractivity contribution in [2.45, 2.75) is 6.54 Å². The maximum atomic E-state index is 12.3. The van der Waals surface area contributed by atoms with Crippen LogP contribution in [0.4, 0.5) is 21.0 Å². The van der Waals surface area contributed by atoms with Crippen LogP contribution < -0.4 is 26.2 Å². The zero-order valence-corrected chi connectivity index (χ0v) is 17.8. The van der Waals surface area contributed by atoms with E-state index in [0.717, 1.165) is 17.8 Å². The van der Waals surface area contributed by atoms with Crippen molar-refractivity contribution in [3.8, 4) is 0 Å². The fraction of sp³-hybridized carbons (Fsp3) is 0.318. The van der Waals surface area contributed by atoms with Crippen LogP contribution in [0.1, 0.15) is 15.9 Å². The van der Waals surface area contributed by atoms with Gasteiger partial charge in [0.1, 0.15) is 0 Å². The van der Waals surface area contributed by atoms with E-state index < -0.39 is 0 Å². The molecule has 9 heteroatoms. The van der Waals surface area contributed by atoms with E-state index in [1.54, 1.807) is 41.3 Å². The van der Waals surface area contributed by atoms with Crippen LogP contribution in [0.3, 0.4) is 0 Å². The van der Waals surface area contributed by atoms with Gasteiger partial charge in [0.15, 0.2) is 0 Å². The van der Waals surface area contributed by atoms with Gasteiger partial charge in [-0.2, -0.15) is 0 Å². The van der Waals surface area contributed by atoms with Crippen LogP contribution >= 0.6 is 0 Å². The lowest BCUT2D eigenvalue weighted by molar-refractivity contribution is 0.0951. The monoisotopic (exact) mass is 424 g/mol. The molecule has 1 heterocycles. The number of hydrogen-bond donors (Lipinski definition) is 4. The summed E-state index contributed by atoms with van der Waals surface area (Å²) < 4.78 is 0. The molecule has 0 bridgehead atoms. The molecule has 4 N–H and O–H groups in total. The lowest BCUT2D eigenvalue weighted by atomic mass is 10.1. The third-order valence-corrected chi connectivity index (χ3v) is 4.76. The number of anilines is 2. The third kappa shape index (κ3) is 6.45. The lowest BCUT2D eigenvalue weighted by Crippen LogP contribution is -2.31. The van der Waals surface area contributed by atoms with Crippen LogP contribution in [0.15, 0.2) is 48.5 Å². The molecule has 1 saturated heterocycles. The van der Waals surface area contributed by atoms with Crippen molar-refractivity contribution in [2.75, 3.05) is 50.5 Å². The zero-order valence-electron chi connectivity index (χ0n) is 17.8. The van der Waals surface area contributed by atoms with Gasteiger partial charge in [-0.1, -0.05) is 18.2 Å². The Balaban J connectivity index is 1.52. The first-order valence-electron chi connectivity index (χ1n) is 10.1. The molecule has 0 atom stereocenters. The summed E-state index contributed by atoms with van der Waals surface area (Å²) in [6.45, 7) is 2.79. The molecule has 3 rings (SSSR count). The van der Waals surface area contributed by atoms with Gasteiger partial charge in [-0.05, 0) is 50.0 Å². The minimum absolute atomic E-state index is 0.143. The summed E-state index contributed by atoms with van der Waals surface area (Å²) in [6, 6.07) is 13.8. The van der Waals surface area contributed by atoms with Gasteiger partial charge in [0.25, 0.3) is 5.91 Å². The molecule has 9 nitrogen and oxygen atoms in total. The number of urea groups is 2. The van der Waals surface area contributed by atoms with Crippen molar-refractivity contribution in [1.82, 2.24) is 20.9 Å². The van der Waals surface area contributed by atoms with Crippen molar-refractivity contribution in [2.24, 2.45) is 0 Å². The van der Waals surface area contributed by atoms with Gasteiger partial charge in [0, 0.05) is 49.7 Å². The predicted molar refractivity (Wildman–Crippen MR) is 120 cm³/mol. The zero-order chi connectivity index (χ0) is 22.2. The summed E-state index contributed by atoms with van der Waals surface area (Å²) in [5.41, 5.74) is 2.68. The first-order chi connectivity index (χ1) is 14.9. The summed E-state index contributed by atoms with van der Waals surface area (Å²) in [5, 5.41) is 11.2. The first-order valence-corrected chi connectivity index (χ1v) is 10.1. The van der Waals surface area contributed by atoms with Crippen LogP contribution in [0.5, 0.6) is 0 Å². The number of likely N-dealkylation sites (N-methyl/N-ethyl adjacent to an activating group) is 1. The van der Waals surface area contributed by atoms with Crippen LogP contribution in [0.2, 0.25) is 0 Å². The second kappa shape index (κ2) is 10.4. The Bertz CT molecular complexity index is 946. The molecule has 1 aliphatic heterocycles. The van der Waals surface area contributed by atoms with Crippen molar-refractivity contribution in [3.63, 3.8) is 0 Å². The highest BCUT2D eigenvalue weighted by Gasteiger charge is 2.21. The van der Waals surface area contributed by atoms with Crippen LogP contribution in [0, 0.1) is 0 Å². The molecule has 0 aromatic heterocycles. The van der Waals surface area contributed by atoms with Gasteiger partial charge in [-0.3, -0.25) is 9.69 Å². The Morgan fingerprint density at radius 1 is 1.10 bits per heavy atom. The fourth-order valence-corrected chi connectivity index (χ4v) is 3.14. The minimum Gasteiger partial charge on any atom is -0.351 e. The van der Waals surface area contributed by atoms with Gasteiger partial charge < -0.3 is 26.2 Å². The molecule has 0 radical (unpaired) electrons. The van der Waals surface area contributed by atoms with Gasteiger partial charge >= 0.3 is 12.1 Å². The molecule has 0 spiro atoms. The fourth-order valence-electron chi connectivity index (χ4n) is 3.14. The average molecular weight is 425 g/mol. The Hall–Kier alpha value is -3.59. The molecule has 164 valence electrons. The minimum atomic E-state index is -0.371. The predicted octanol–water partition coefficient (Wildman–Crippen LogP) is 1.83. The normalized spacial score (nSPS) is 13.1. The van der Waals surface area contributed by atoms with E-state index in [-0.39, 0.29) is 24.5 Å². The molecule has 1 aliphatic rings. The largest absolute Gasteiger partial charge is 0.351 e. The van der Waals surface area contributed by atoms with Gasteiger partial charge in [-0.15, -0.1) is 0 Å². The second-order valence-electron chi connectivity index (χ2n) is 7.50. The molecule has 0 unspecified atom stereocenters. The molecule has 2 aromatic carbocycles. The molecule has 1 fully saturated rings. The number of amides is 5. The molecule has 0 saturated carbocycles. The van der Waals surface area contributed by atoms with Crippen LogP contribution in [0.25, 0.3) is 0 Å². The molecule has 31 heavy (non-hydrogen) atoms. The summed E-state index contributed by atoms with van der Waals surface area (Å²) >= 11 is 0. The third-order valence-electron chi connectivity index (χ3n) is 4.76. The first kappa shape index (κ1) is 22.1. The van der Waals surface area contributed by atoms with Crippen molar-refractivity contribution < 1.29 is 14.4 Å². The summed E-state index contributed by atoms with van der Waals surface area (Å²) in [6.07, 6.45) is 0. The van der Waals surface area contributed by atoms with E-state index in [1.807, 2.05) is 31.1 Å². The van der Waals surface area contributed by atoms with E-state index in [2.05, 4.69) is 21.3 Å². The van der Waals surface area contributed by atoms with Gasteiger partial charge in [0.2, 0.25) is 0 Å². The lowest BCUT2D eigenvalue weighted by Gasteiger charge is -2.15. The maximum Gasteiger partial charge on any atom is 0.321 e. The van der Waals surface area contributed by atoms with E-state index in [4.69, 9.17) is 0 Å². The SMILES string of the molecule is CN(C)CCNC(=O)c1cccc(CNC(=O)Nc2cccc(N3CCNC3=O)c2)c1. The molecular weight excluding hydrogens is 396 g/mol. The Morgan fingerprint density at radius 3 is 2.65 bits per heavy atom. The number of carbonyl (C=O) groups excluding carboxylic acids is 3. The van der Waals surface area contributed by atoms with Crippen LogP contribution in [-0.2, 0) is 6.54 Å².